The van der Waals surface area contributed by atoms with Crippen molar-refractivity contribution in [1.82, 2.24) is 30.7 Å². The van der Waals surface area contributed by atoms with E-state index >= 15 is 0 Å². The molecule has 8 nitrogen and oxygen atoms in total. The van der Waals surface area contributed by atoms with Gasteiger partial charge in [0.25, 0.3) is 5.91 Å². The molecule has 0 unspecified atom stereocenters. The zero-order valence-electron chi connectivity index (χ0n) is 15.3. The molecule has 0 fully saturated rings. The minimum atomic E-state index is -0.0590. The van der Waals surface area contributed by atoms with Gasteiger partial charge in [-0.15, -0.1) is 24.0 Å². The van der Waals surface area contributed by atoms with E-state index in [2.05, 4.69) is 31.0 Å². The van der Waals surface area contributed by atoms with Crippen LogP contribution < -0.4 is 16.0 Å². The van der Waals surface area contributed by atoms with E-state index in [9.17, 15) is 4.79 Å². The van der Waals surface area contributed by atoms with Crippen molar-refractivity contribution in [3.05, 3.63) is 47.5 Å². The highest BCUT2D eigenvalue weighted by molar-refractivity contribution is 14.0. The average Bonchev–Trinajstić information content (AvgIpc) is 3.03. The molecule has 0 aliphatic carbocycles. The minimum absolute atomic E-state index is 0. The number of guanidine groups is 1. The van der Waals surface area contributed by atoms with Crippen LogP contribution in [0.15, 0.2) is 35.6 Å². The molecule has 2 aromatic rings. The highest BCUT2D eigenvalue weighted by atomic mass is 127. The van der Waals surface area contributed by atoms with Crippen molar-refractivity contribution in [2.45, 2.75) is 26.9 Å². The molecule has 1 amide bonds. The average molecular weight is 471 g/mol. The Bertz CT molecular complexity index is 712. The van der Waals surface area contributed by atoms with E-state index in [0.717, 1.165) is 17.9 Å². The number of nitrogens with zero attached hydrogens (tertiary/aromatic N) is 4. The fraction of sp³-hybridized carbons (Fsp3) is 0.412. The fourth-order valence-electron chi connectivity index (χ4n) is 2.18. The van der Waals surface area contributed by atoms with Crippen molar-refractivity contribution >= 4 is 35.8 Å². The topological polar surface area (TPSA) is 96.2 Å². The van der Waals surface area contributed by atoms with E-state index in [1.807, 2.05) is 45.2 Å². The van der Waals surface area contributed by atoms with Gasteiger partial charge in [-0.25, -0.2) is 9.98 Å². The molecule has 0 spiro atoms. The molecule has 0 bridgehead atoms. The Hall–Kier alpha value is -2.17. The summed E-state index contributed by atoms with van der Waals surface area (Å²) in [5, 5.41) is 13.3. The van der Waals surface area contributed by atoms with Gasteiger partial charge >= 0.3 is 0 Å². The van der Waals surface area contributed by atoms with Gasteiger partial charge in [0.2, 0.25) is 0 Å². The second-order valence-electron chi connectivity index (χ2n) is 5.40. The lowest BCUT2D eigenvalue weighted by Crippen LogP contribution is -2.37. The number of nitrogens with one attached hydrogen (secondary N) is 3. The molecule has 1 aromatic carbocycles. The van der Waals surface area contributed by atoms with E-state index in [1.165, 1.54) is 6.33 Å². The predicted octanol–water partition coefficient (Wildman–Crippen LogP) is 1.44. The molecule has 26 heavy (non-hydrogen) atoms. The first-order chi connectivity index (χ1) is 12.1. The molecule has 9 heteroatoms. The quantitative estimate of drug-likeness (QED) is 0.323. The lowest BCUT2D eigenvalue weighted by molar-refractivity contribution is 0.0956. The van der Waals surface area contributed by atoms with Gasteiger partial charge in [-0.3, -0.25) is 9.48 Å². The maximum absolute atomic E-state index is 11.8. The smallest absolute Gasteiger partial charge is 0.251 e. The summed E-state index contributed by atoms with van der Waals surface area (Å²) in [5.41, 5.74) is 1.69. The van der Waals surface area contributed by atoms with Crippen LogP contribution in [0.5, 0.6) is 0 Å². The molecule has 0 radical (unpaired) electrons. The highest BCUT2D eigenvalue weighted by Crippen LogP contribution is 2.06. The van der Waals surface area contributed by atoms with Crippen molar-refractivity contribution in [2.24, 2.45) is 12.0 Å². The molecule has 0 saturated carbocycles. The number of hydrogen-bond acceptors (Lipinski definition) is 4. The SMILES string of the molecule is CCNC(=O)c1ccc(CN=C(NCC)NCc2ncnn2C)cc1.I. The fourth-order valence-corrected chi connectivity index (χ4v) is 2.18. The minimum Gasteiger partial charge on any atom is -0.357 e. The van der Waals surface area contributed by atoms with Crippen LogP contribution in [0.25, 0.3) is 0 Å². The monoisotopic (exact) mass is 471 g/mol. The molecule has 0 aliphatic heterocycles. The largest absolute Gasteiger partial charge is 0.357 e. The molecule has 142 valence electrons. The molecule has 0 saturated heterocycles. The lowest BCUT2D eigenvalue weighted by Gasteiger charge is -2.11. The third-order valence-corrected chi connectivity index (χ3v) is 3.54. The highest BCUT2D eigenvalue weighted by Gasteiger charge is 2.05. The Morgan fingerprint density at radius 2 is 1.81 bits per heavy atom. The standard InChI is InChI=1S/C17H25N7O.HI/c1-4-18-16(25)14-8-6-13(7-9-14)10-20-17(19-5-2)21-11-15-22-12-23-24(15)3;/h6-9,12H,4-5,10-11H2,1-3H3,(H,18,25)(H2,19,20,21);1H. The van der Waals surface area contributed by atoms with E-state index in [-0.39, 0.29) is 29.9 Å². The maximum atomic E-state index is 11.8. The summed E-state index contributed by atoms with van der Waals surface area (Å²) in [7, 11) is 1.85. The number of amides is 1. The number of carbonyl (C=O) groups excluding carboxylic acids is 1. The Kier molecular flexibility index (Phi) is 9.63. The summed E-state index contributed by atoms with van der Waals surface area (Å²) in [5.74, 6) is 1.48. The van der Waals surface area contributed by atoms with E-state index in [4.69, 9.17) is 0 Å². The van der Waals surface area contributed by atoms with Crippen LogP contribution in [0.4, 0.5) is 0 Å². The molecule has 0 aliphatic rings. The Morgan fingerprint density at radius 1 is 1.12 bits per heavy atom. The summed E-state index contributed by atoms with van der Waals surface area (Å²) < 4.78 is 1.72. The third kappa shape index (κ3) is 6.62. The summed E-state index contributed by atoms with van der Waals surface area (Å²) in [4.78, 5) is 20.5. The molecule has 3 N–H and O–H groups in total. The van der Waals surface area contributed by atoms with Crippen molar-refractivity contribution in [2.75, 3.05) is 13.1 Å². The van der Waals surface area contributed by atoms with Crippen LogP contribution >= 0.6 is 24.0 Å². The van der Waals surface area contributed by atoms with Crippen LogP contribution in [-0.2, 0) is 20.1 Å². The molecular formula is C17H26IN7O. The summed E-state index contributed by atoms with van der Waals surface area (Å²) in [6.07, 6.45) is 1.53. The lowest BCUT2D eigenvalue weighted by atomic mass is 10.1. The number of carbonyl (C=O) groups is 1. The predicted molar refractivity (Wildman–Crippen MR) is 113 cm³/mol. The van der Waals surface area contributed by atoms with E-state index < -0.39 is 0 Å². The van der Waals surface area contributed by atoms with Gasteiger partial charge in [-0.2, -0.15) is 5.10 Å². The van der Waals surface area contributed by atoms with Crippen LogP contribution in [0.1, 0.15) is 35.6 Å². The first-order valence-corrected chi connectivity index (χ1v) is 8.36. The first-order valence-electron chi connectivity index (χ1n) is 8.36. The summed E-state index contributed by atoms with van der Waals surface area (Å²) in [6, 6.07) is 7.46. The van der Waals surface area contributed by atoms with Crippen LogP contribution in [0.2, 0.25) is 0 Å². The number of aryl methyl sites for hydroxylation is 1. The Morgan fingerprint density at radius 3 is 2.38 bits per heavy atom. The molecule has 0 atom stereocenters. The van der Waals surface area contributed by atoms with Crippen molar-refractivity contribution in [3.63, 3.8) is 0 Å². The van der Waals surface area contributed by atoms with Gasteiger partial charge < -0.3 is 16.0 Å². The molecule has 1 aromatic heterocycles. The first kappa shape index (κ1) is 21.9. The van der Waals surface area contributed by atoms with Crippen molar-refractivity contribution < 1.29 is 4.79 Å². The maximum Gasteiger partial charge on any atom is 0.251 e. The summed E-state index contributed by atoms with van der Waals surface area (Å²) >= 11 is 0. The van der Waals surface area contributed by atoms with Gasteiger partial charge in [-0.1, -0.05) is 12.1 Å². The van der Waals surface area contributed by atoms with Gasteiger partial charge in [-0.05, 0) is 31.5 Å². The number of halogens is 1. The summed E-state index contributed by atoms with van der Waals surface area (Å²) in [6.45, 7) is 6.36. The van der Waals surface area contributed by atoms with E-state index in [1.54, 1.807) is 4.68 Å². The van der Waals surface area contributed by atoms with Crippen molar-refractivity contribution in [3.8, 4) is 0 Å². The zero-order valence-corrected chi connectivity index (χ0v) is 17.7. The van der Waals surface area contributed by atoms with Crippen LogP contribution in [0.3, 0.4) is 0 Å². The van der Waals surface area contributed by atoms with Crippen LogP contribution in [-0.4, -0.2) is 39.7 Å². The van der Waals surface area contributed by atoms with Gasteiger partial charge in [0.05, 0.1) is 13.1 Å². The Labute approximate surface area is 170 Å². The van der Waals surface area contributed by atoms with E-state index in [0.29, 0.717) is 31.2 Å². The molecular weight excluding hydrogens is 445 g/mol. The molecule has 1 heterocycles. The number of hydrogen-bond donors (Lipinski definition) is 3. The number of benzene rings is 1. The normalized spacial score (nSPS) is 10.8. The van der Waals surface area contributed by atoms with Crippen LogP contribution in [0, 0.1) is 0 Å². The van der Waals surface area contributed by atoms with Gasteiger partial charge in [0.1, 0.15) is 12.2 Å². The molecule has 2 rings (SSSR count). The second-order valence-corrected chi connectivity index (χ2v) is 5.40. The number of aromatic nitrogens is 3. The number of aliphatic imine (C=N–C) groups is 1. The van der Waals surface area contributed by atoms with Gasteiger partial charge in [0, 0.05) is 25.7 Å². The second kappa shape index (κ2) is 11.4. The zero-order chi connectivity index (χ0) is 18.1. The van der Waals surface area contributed by atoms with Crippen molar-refractivity contribution in [1.29, 1.82) is 0 Å². The van der Waals surface area contributed by atoms with Gasteiger partial charge in [0.15, 0.2) is 5.96 Å². The third-order valence-electron chi connectivity index (χ3n) is 3.54. The Balaban J connectivity index is 0.00000338. The number of rotatable bonds is 7.